The van der Waals surface area contributed by atoms with Crippen LogP contribution in [-0.4, -0.2) is 18.2 Å². The summed E-state index contributed by atoms with van der Waals surface area (Å²) in [6.45, 7) is 3.88. The Kier molecular flexibility index (Phi) is 5.91. The second kappa shape index (κ2) is 7.70. The highest BCUT2D eigenvalue weighted by Gasteiger charge is 2.14. The van der Waals surface area contributed by atoms with Crippen molar-refractivity contribution < 1.29 is 4.79 Å². The van der Waals surface area contributed by atoms with E-state index >= 15 is 0 Å². The number of halogens is 1. The monoisotopic (exact) mass is 378 g/mol. The molecule has 2 rings (SSSR count). The second-order valence-corrected chi connectivity index (χ2v) is 6.72. The van der Waals surface area contributed by atoms with E-state index in [9.17, 15) is 4.79 Å². The molecule has 2 N–H and O–H groups in total. The molecule has 0 unspecified atom stereocenters. The van der Waals surface area contributed by atoms with E-state index in [0.29, 0.717) is 0 Å². The number of anilines is 2. The van der Waals surface area contributed by atoms with Crippen molar-refractivity contribution in [1.82, 2.24) is 0 Å². The normalized spacial score (nSPS) is 11.8. The van der Waals surface area contributed by atoms with Crippen molar-refractivity contribution in [2.45, 2.75) is 24.8 Å². The van der Waals surface area contributed by atoms with Gasteiger partial charge in [0, 0.05) is 15.1 Å². The third-order valence-electron chi connectivity index (χ3n) is 3.30. The number of hydrogen-bond donors (Lipinski definition) is 2. The van der Waals surface area contributed by atoms with Crippen LogP contribution >= 0.6 is 27.7 Å². The van der Waals surface area contributed by atoms with Crippen molar-refractivity contribution in [3.63, 3.8) is 0 Å². The van der Waals surface area contributed by atoms with E-state index in [-0.39, 0.29) is 11.9 Å². The molecule has 2 aromatic carbocycles. The Morgan fingerprint density at radius 2 is 1.95 bits per heavy atom. The number of carbonyl (C=O) groups excluding carboxylic acids is 1. The molecule has 1 amide bonds. The van der Waals surface area contributed by atoms with Gasteiger partial charge < -0.3 is 10.6 Å². The van der Waals surface area contributed by atoms with Gasteiger partial charge in [-0.25, -0.2) is 0 Å². The number of para-hydroxylation sites is 1. The molecule has 116 valence electrons. The number of hydrogen-bond acceptors (Lipinski definition) is 3. The highest BCUT2D eigenvalue weighted by Crippen LogP contribution is 2.25. The molecule has 22 heavy (non-hydrogen) atoms. The predicted octanol–water partition coefficient (Wildman–Crippen LogP) is 4.92. The van der Waals surface area contributed by atoms with Crippen LogP contribution in [0, 0.1) is 6.92 Å². The van der Waals surface area contributed by atoms with Gasteiger partial charge in [0.25, 0.3) is 0 Å². The number of carbonyl (C=O) groups is 1. The van der Waals surface area contributed by atoms with E-state index in [1.165, 1.54) is 0 Å². The first-order valence-electron chi connectivity index (χ1n) is 6.98. The summed E-state index contributed by atoms with van der Waals surface area (Å²) in [5, 5.41) is 6.20. The molecule has 0 saturated carbocycles. The van der Waals surface area contributed by atoms with Crippen molar-refractivity contribution in [1.29, 1.82) is 0 Å². The Morgan fingerprint density at radius 1 is 1.23 bits per heavy atom. The standard InChI is InChI=1S/C17H19BrN2OS/c1-11-10-13(8-9-14(11)18)19-12(2)17(21)20-15-6-4-5-7-16(15)22-3/h4-10,12,19H,1-3H3,(H,20,21)/t12-/m0/s1. The first kappa shape index (κ1) is 16.9. The minimum absolute atomic E-state index is 0.0536. The predicted molar refractivity (Wildman–Crippen MR) is 98.8 cm³/mol. The molecule has 1 atom stereocenters. The zero-order valence-electron chi connectivity index (χ0n) is 12.8. The van der Waals surface area contributed by atoms with Crippen molar-refractivity contribution in [3.8, 4) is 0 Å². The van der Waals surface area contributed by atoms with Crippen molar-refractivity contribution in [2.75, 3.05) is 16.9 Å². The minimum Gasteiger partial charge on any atom is -0.374 e. The number of nitrogens with one attached hydrogen (secondary N) is 2. The zero-order chi connectivity index (χ0) is 16.1. The summed E-state index contributed by atoms with van der Waals surface area (Å²) in [6.07, 6.45) is 2.00. The van der Waals surface area contributed by atoms with E-state index < -0.39 is 0 Å². The molecule has 5 heteroatoms. The van der Waals surface area contributed by atoms with Crippen LogP contribution in [0.3, 0.4) is 0 Å². The number of aryl methyl sites for hydroxylation is 1. The first-order chi connectivity index (χ1) is 10.5. The third-order valence-corrected chi connectivity index (χ3v) is 4.98. The molecule has 0 radical (unpaired) electrons. The van der Waals surface area contributed by atoms with Crippen LogP contribution in [0.1, 0.15) is 12.5 Å². The quantitative estimate of drug-likeness (QED) is 0.725. The molecule has 0 aliphatic heterocycles. The first-order valence-corrected chi connectivity index (χ1v) is 8.99. The molecular weight excluding hydrogens is 360 g/mol. The Morgan fingerprint density at radius 3 is 2.64 bits per heavy atom. The maximum atomic E-state index is 12.3. The summed E-state index contributed by atoms with van der Waals surface area (Å²) in [5.74, 6) is -0.0536. The van der Waals surface area contributed by atoms with Gasteiger partial charge in [-0.1, -0.05) is 28.1 Å². The summed E-state index contributed by atoms with van der Waals surface area (Å²) >= 11 is 5.09. The van der Waals surface area contributed by atoms with E-state index in [0.717, 1.165) is 26.3 Å². The summed E-state index contributed by atoms with van der Waals surface area (Å²) < 4.78 is 1.06. The third kappa shape index (κ3) is 4.27. The van der Waals surface area contributed by atoms with Gasteiger partial charge in [0.05, 0.1) is 5.69 Å². The molecule has 0 aliphatic rings. The van der Waals surface area contributed by atoms with E-state index in [1.54, 1.807) is 11.8 Å². The van der Waals surface area contributed by atoms with Gasteiger partial charge in [-0.15, -0.1) is 11.8 Å². The van der Waals surface area contributed by atoms with Gasteiger partial charge >= 0.3 is 0 Å². The average molecular weight is 379 g/mol. The maximum Gasteiger partial charge on any atom is 0.246 e. The second-order valence-electron chi connectivity index (χ2n) is 5.02. The topological polar surface area (TPSA) is 41.1 Å². The highest BCUT2D eigenvalue weighted by atomic mass is 79.9. The lowest BCUT2D eigenvalue weighted by molar-refractivity contribution is -0.116. The Bertz CT molecular complexity index is 675. The van der Waals surface area contributed by atoms with Gasteiger partial charge in [-0.05, 0) is 56.0 Å². The van der Waals surface area contributed by atoms with Crippen molar-refractivity contribution in [3.05, 3.63) is 52.5 Å². The van der Waals surface area contributed by atoms with E-state index in [2.05, 4.69) is 26.6 Å². The van der Waals surface area contributed by atoms with Gasteiger partial charge in [0.1, 0.15) is 6.04 Å². The number of benzene rings is 2. The van der Waals surface area contributed by atoms with Crippen LogP contribution in [0.15, 0.2) is 51.8 Å². The Balaban J connectivity index is 2.04. The zero-order valence-corrected chi connectivity index (χ0v) is 15.2. The van der Waals surface area contributed by atoms with Crippen LogP contribution in [0.25, 0.3) is 0 Å². The van der Waals surface area contributed by atoms with Crippen molar-refractivity contribution >= 4 is 45.0 Å². The molecule has 0 fully saturated rings. The summed E-state index contributed by atoms with van der Waals surface area (Å²) in [6, 6.07) is 13.4. The molecule has 0 saturated heterocycles. The number of rotatable bonds is 5. The van der Waals surface area contributed by atoms with Gasteiger partial charge in [0.2, 0.25) is 5.91 Å². The molecule has 0 aromatic heterocycles. The largest absolute Gasteiger partial charge is 0.374 e. The average Bonchev–Trinajstić information content (AvgIpc) is 2.51. The molecule has 3 nitrogen and oxygen atoms in total. The lowest BCUT2D eigenvalue weighted by Crippen LogP contribution is -2.32. The Labute approximate surface area is 144 Å². The van der Waals surface area contributed by atoms with Gasteiger partial charge in [0.15, 0.2) is 0 Å². The molecule has 0 aliphatic carbocycles. The molecule has 0 bridgehead atoms. The van der Waals surface area contributed by atoms with Crippen LogP contribution in [-0.2, 0) is 4.79 Å². The fourth-order valence-electron chi connectivity index (χ4n) is 2.04. The lowest BCUT2D eigenvalue weighted by atomic mass is 10.2. The van der Waals surface area contributed by atoms with Crippen LogP contribution in [0.4, 0.5) is 11.4 Å². The summed E-state index contributed by atoms with van der Waals surface area (Å²) in [5.41, 5.74) is 2.91. The van der Waals surface area contributed by atoms with Gasteiger partial charge in [-0.3, -0.25) is 4.79 Å². The number of thioether (sulfide) groups is 1. The van der Waals surface area contributed by atoms with E-state index in [4.69, 9.17) is 0 Å². The van der Waals surface area contributed by atoms with Gasteiger partial charge in [-0.2, -0.15) is 0 Å². The highest BCUT2D eigenvalue weighted by molar-refractivity contribution is 9.10. The summed E-state index contributed by atoms with van der Waals surface area (Å²) in [4.78, 5) is 13.4. The maximum absolute atomic E-state index is 12.3. The molecular formula is C17H19BrN2OS. The summed E-state index contributed by atoms with van der Waals surface area (Å²) in [7, 11) is 0. The molecule has 0 spiro atoms. The van der Waals surface area contributed by atoms with Crippen molar-refractivity contribution in [2.24, 2.45) is 0 Å². The molecule has 0 heterocycles. The fourth-order valence-corrected chi connectivity index (χ4v) is 2.84. The Hall–Kier alpha value is -1.46. The van der Waals surface area contributed by atoms with Crippen LogP contribution in [0.2, 0.25) is 0 Å². The lowest BCUT2D eigenvalue weighted by Gasteiger charge is -2.17. The number of amides is 1. The van der Waals surface area contributed by atoms with Crippen LogP contribution in [0.5, 0.6) is 0 Å². The van der Waals surface area contributed by atoms with Crippen LogP contribution < -0.4 is 10.6 Å². The van der Waals surface area contributed by atoms with E-state index in [1.807, 2.05) is 62.6 Å². The minimum atomic E-state index is -0.324. The fraction of sp³-hybridized carbons (Fsp3) is 0.235. The SMILES string of the molecule is CSc1ccccc1NC(=O)[C@H](C)Nc1ccc(Br)c(C)c1. The molecule has 2 aromatic rings. The smallest absolute Gasteiger partial charge is 0.246 e.